The zero-order chi connectivity index (χ0) is 13.3. The number of anilines is 1. The number of thiophene rings is 1. The lowest BCUT2D eigenvalue weighted by Gasteiger charge is -2.06. The molecule has 0 aliphatic rings. The first-order valence-corrected chi connectivity index (χ1v) is 8.41. The Balaban J connectivity index is 2.36. The van der Waals surface area contributed by atoms with Crippen molar-refractivity contribution in [2.24, 2.45) is 0 Å². The molecule has 0 spiro atoms. The van der Waals surface area contributed by atoms with Crippen LogP contribution in [0.2, 0.25) is 0 Å². The third-order valence-electron chi connectivity index (χ3n) is 1.86. The number of pyridine rings is 1. The second-order valence-corrected chi connectivity index (χ2v) is 7.59. The Morgan fingerprint density at radius 2 is 2.06 bits per heavy atom. The highest BCUT2D eigenvalue weighted by Gasteiger charge is 2.21. The lowest BCUT2D eigenvalue weighted by atomic mass is 10.4. The van der Waals surface area contributed by atoms with Crippen LogP contribution >= 0.6 is 43.2 Å². The van der Waals surface area contributed by atoms with Gasteiger partial charge in [0.25, 0.3) is 10.0 Å². The van der Waals surface area contributed by atoms with Crippen molar-refractivity contribution < 1.29 is 12.8 Å². The van der Waals surface area contributed by atoms with Crippen molar-refractivity contribution in [1.82, 2.24) is 4.98 Å². The molecule has 0 aliphatic heterocycles. The van der Waals surface area contributed by atoms with E-state index in [0.29, 0.717) is 8.95 Å². The van der Waals surface area contributed by atoms with Crippen LogP contribution in [0.15, 0.2) is 37.0 Å². The van der Waals surface area contributed by atoms with E-state index < -0.39 is 15.8 Å². The van der Waals surface area contributed by atoms with Gasteiger partial charge in [-0.05, 0) is 31.9 Å². The molecule has 2 aromatic rings. The molecule has 0 aromatic carbocycles. The third-order valence-corrected chi connectivity index (χ3v) is 7.58. The van der Waals surface area contributed by atoms with Crippen LogP contribution in [0.5, 0.6) is 0 Å². The molecule has 0 atom stereocenters. The van der Waals surface area contributed by atoms with Crippen molar-refractivity contribution in [3.63, 3.8) is 0 Å². The van der Waals surface area contributed by atoms with E-state index in [-0.39, 0.29) is 9.90 Å². The fraction of sp³-hybridized carbons (Fsp3) is 0. The molecule has 0 bridgehead atoms. The highest BCUT2D eigenvalue weighted by atomic mass is 79.9. The lowest BCUT2D eigenvalue weighted by Crippen LogP contribution is -2.12. The maximum absolute atomic E-state index is 12.9. The van der Waals surface area contributed by atoms with Gasteiger partial charge in [-0.25, -0.2) is 12.8 Å². The maximum atomic E-state index is 12.9. The first-order valence-electron chi connectivity index (χ1n) is 4.46. The number of halogens is 3. The lowest BCUT2D eigenvalue weighted by molar-refractivity contribution is 0.602. The smallest absolute Gasteiger partial charge is 0.272 e. The fourth-order valence-corrected chi connectivity index (χ4v) is 5.26. The second-order valence-electron chi connectivity index (χ2n) is 3.18. The van der Waals surface area contributed by atoms with E-state index >= 15 is 0 Å². The van der Waals surface area contributed by atoms with Crippen molar-refractivity contribution in [2.75, 3.05) is 4.72 Å². The average molecular weight is 416 g/mol. The van der Waals surface area contributed by atoms with Crippen molar-refractivity contribution in [1.29, 1.82) is 0 Å². The Morgan fingerprint density at radius 3 is 2.61 bits per heavy atom. The van der Waals surface area contributed by atoms with Crippen LogP contribution in [0.4, 0.5) is 10.1 Å². The minimum absolute atomic E-state index is 0.0754. The van der Waals surface area contributed by atoms with E-state index in [4.69, 9.17) is 0 Å². The van der Waals surface area contributed by atoms with Gasteiger partial charge in [-0.3, -0.25) is 9.71 Å². The second kappa shape index (κ2) is 5.24. The topological polar surface area (TPSA) is 59.1 Å². The molecule has 0 saturated heterocycles. The van der Waals surface area contributed by atoms with Gasteiger partial charge in [0.1, 0.15) is 5.82 Å². The summed E-state index contributed by atoms with van der Waals surface area (Å²) in [5.74, 6) is -0.610. The largest absolute Gasteiger partial charge is 0.277 e. The zero-order valence-corrected chi connectivity index (χ0v) is 13.3. The summed E-state index contributed by atoms with van der Waals surface area (Å²) in [6.07, 6.45) is 2.23. The summed E-state index contributed by atoms with van der Waals surface area (Å²) in [6.45, 7) is 0. The molecule has 2 aromatic heterocycles. The third kappa shape index (κ3) is 2.90. The maximum Gasteiger partial charge on any atom is 0.272 e. The van der Waals surface area contributed by atoms with Crippen LogP contribution in [-0.2, 0) is 10.0 Å². The normalized spacial score (nSPS) is 11.5. The molecule has 2 heterocycles. The molecule has 18 heavy (non-hydrogen) atoms. The number of nitrogens with zero attached hydrogens (tertiary/aromatic N) is 1. The van der Waals surface area contributed by atoms with Crippen LogP contribution < -0.4 is 4.72 Å². The monoisotopic (exact) mass is 414 g/mol. The molecule has 4 nitrogen and oxygen atoms in total. The summed E-state index contributed by atoms with van der Waals surface area (Å²) in [7, 11) is -3.75. The first-order chi connectivity index (χ1) is 8.40. The first kappa shape index (κ1) is 13.9. The SMILES string of the molecule is O=S(=O)(Nc1cncc(F)c1)c1scc(Br)c1Br. The van der Waals surface area contributed by atoms with Gasteiger partial charge in [0.05, 0.1) is 22.6 Å². The van der Waals surface area contributed by atoms with Gasteiger partial charge in [0.2, 0.25) is 0 Å². The standard InChI is InChI=1S/C9H5Br2FN2O2S2/c10-7-4-17-9(8(7)11)18(15,16)14-6-1-5(12)2-13-3-6/h1-4,14H. The van der Waals surface area contributed by atoms with E-state index in [0.717, 1.165) is 23.6 Å². The van der Waals surface area contributed by atoms with Gasteiger partial charge in [0.15, 0.2) is 4.21 Å². The Morgan fingerprint density at radius 1 is 1.33 bits per heavy atom. The number of aromatic nitrogens is 1. The molecular formula is C9H5Br2FN2O2S2. The van der Waals surface area contributed by atoms with E-state index in [1.54, 1.807) is 5.38 Å². The van der Waals surface area contributed by atoms with Crippen molar-refractivity contribution in [2.45, 2.75) is 4.21 Å². The van der Waals surface area contributed by atoms with Crippen molar-refractivity contribution in [3.05, 3.63) is 38.6 Å². The van der Waals surface area contributed by atoms with Crippen molar-refractivity contribution in [3.8, 4) is 0 Å². The average Bonchev–Trinajstić information content (AvgIpc) is 2.59. The summed E-state index contributed by atoms with van der Waals surface area (Å²) in [6, 6.07) is 1.06. The summed E-state index contributed by atoms with van der Waals surface area (Å²) >= 11 is 7.42. The predicted octanol–water partition coefficient (Wildman–Crippen LogP) is 3.61. The fourth-order valence-electron chi connectivity index (χ4n) is 1.16. The molecule has 2 rings (SSSR count). The molecule has 1 N–H and O–H groups in total. The minimum atomic E-state index is -3.75. The molecule has 0 saturated carbocycles. The summed E-state index contributed by atoms with van der Waals surface area (Å²) in [5.41, 5.74) is 0.0754. The molecule has 96 valence electrons. The van der Waals surface area contributed by atoms with Gasteiger partial charge in [-0.15, -0.1) is 11.3 Å². The highest BCUT2D eigenvalue weighted by molar-refractivity contribution is 9.13. The number of sulfonamides is 1. The molecule has 0 fully saturated rings. The Kier molecular flexibility index (Phi) is 4.05. The minimum Gasteiger partial charge on any atom is -0.277 e. The van der Waals surface area contributed by atoms with Gasteiger partial charge in [-0.2, -0.15) is 0 Å². The van der Waals surface area contributed by atoms with Crippen LogP contribution in [0, 0.1) is 5.82 Å². The Labute approximate surface area is 124 Å². The molecule has 0 amide bonds. The molecule has 0 unspecified atom stereocenters. The molecule has 0 radical (unpaired) electrons. The van der Waals surface area contributed by atoms with Crippen LogP contribution in [0.3, 0.4) is 0 Å². The highest BCUT2D eigenvalue weighted by Crippen LogP contribution is 2.36. The number of rotatable bonds is 3. The Bertz CT molecular complexity index is 688. The summed E-state index contributed by atoms with van der Waals surface area (Å²) in [5, 5.41) is 1.64. The zero-order valence-electron chi connectivity index (χ0n) is 8.52. The van der Waals surface area contributed by atoms with Crippen LogP contribution in [0.25, 0.3) is 0 Å². The van der Waals surface area contributed by atoms with E-state index in [2.05, 4.69) is 41.6 Å². The van der Waals surface area contributed by atoms with Gasteiger partial charge < -0.3 is 0 Å². The van der Waals surface area contributed by atoms with E-state index in [9.17, 15) is 12.8 Å². The quantitative estimate of drug-likeness (QED) is 0.832. The van der Waals surface area contributed by atoms with E-state index in [1.165, 1.54) is 6.20 Å². The van der Waals surface area contributed by atoms with Gasteiger partial charge >= 0.3 is 0 Å². The predicted molar refractivity (Wildman–Crippen MR) is 74.7 cm³/mol. The summed E-state index contributed by atoms with van der Waals surface area (Å²) < 4.78 is 40.5. The number of hydrogen-bond acceptors (Lipinski definition) is 4. The molecule has 0 aliphatic carbocycles. The molecule has 9 heteroatoms. The van der Waals surface area contributed by atoms with Gasteiger partial charge in [-0.1, -0.05) is 0 Å². The van der Waals surface area contributed by atoms with Gasteiger partial charge in [0, 0.05) is 15.9 Å². The number of nitrogens with one attached hydrogen (secondary N) is 1. The van der Waals surface area contributed by atoms with Crippen molar-refractivity contribution >= 4 is 58.9 Å². The summed E-state index contributed by atoms with van der Waals surface area (Å²) in [4.78, 5) is 3.57. The van der Waals surface area contributed by atoms with E-state index in [1.807, 2.05) is 0 Å². The Hall–Kier alpha value is -0.510. The number of hydrogen-bond donors (Lipinski definition) is 1. The van der Waals surface area contributed by atoms with Crippen LogP contribution in [0.1, 0.15) is 0 Å². The molecular weight excluding hydrogens is 411 g/mol. The van der Waals surface area contributed by atoms with Crippen LogP contribution in [-0.4, -0.2) is 13.4 Å².